The third-order valence-electron chi connectivity index (χ3n) is 2.26. The van der Waals surface area contributed by atoms with Gasteiger partial charge in [0.1, 0.15) is 18.1 Å². The number of carbonyl (C=O) groups is 1. The van der Waals surface area contributed by atoms with Gasteiger partial charge >= 0.3 is 5.97 Å². The predicted molar refractivity (Wildman–Crippen MR) is 69.7 cm³/mol. The molecule has 5 heteroatoms. The van der Waals surface area contributed by atoms with Crippen molar-refractivity contribution in [3.05, 3.63) is 58.3 Å². The molecule has 1 aromatic heterocycles. The second kappa shape index (κ2) is 5.64. The summed E-state index contributed by atoms with van der Waals surface area (Å²) in [6.45, 7) is 0.310. The molecule has 0 unspecified atom stereocenters. The lowest BCUT2D eigenvalue weighted by Gasteiger charge is -2.06. The molecule has 18 heavy (non-hydrogen) atoms. The lowest BCUT2D eigenvalue weighted by atomic mass is 10.2. The number of ether oxygens (including phenoxy) is 1. The van der Waals surface area contributed by atoms with Crippen LogP contribution in [0.15, 0.2) is 47.1 Å². The van der Waals surface area contributed by atoms with E-state index in [1.165, 1.54) is 12.3 Å². The standard InChI is InChI=1S/C13H10BrNO3/c14-10-1-3-11(4-2-10)18-8-9-5-6-15-12(7-9)13(16)17/h1-7H,8H2,(H,16,17). The number of benzene rings is 1. The van der Waals surface area contributed by atoms with Crippen molar-refractivity contribution in [2.75, 3.05) is 0 Å². The lowest BCUT2D eigenvalue weighted by molar-refractivity contribution is 0.0690. The van der Waals surface area contributed by atoms with E-state index in [9.17, 15) is 4.79 Å². The minimum Gasteiger partial charge on any atom is -0.489 e. The van der Waals surface area contributed by atoms with Gasteiger partial charge in [0.15, 0.2) is 0 Å². The van der Waals surface area contributed by atoms with Crippen LogP contribution in [0.4, 0.5) is 0 Å². The van der Waals surface area contributed by atoms with Gasteiger partial charge in [-0.1, -0.05) is 15.9 Å². The molecule has 0 fully saturated rings. The fourth-order valence-corrected chi connectivity index (χ4v) is 1.64. The van der Waals surface area contributed by atoms with Gasteiger partial charge < -0.3 is 9.84 Å². The number of pyridine rings is 1. The highest BCUT2D eigenvalue weighted by atomic mass is 79.9. The molecular weight excluding hydrogens is 298 g/mol. The minimum absolute atomic E-state index is 0.0203. The Morgan fingerprint density at radius 3 is 2.67 bits per heavy atom. The van der Waals surface area contributed by atoms with Gasteiger partial charge in [-0.05, 0) is 42.0 Å². The molecule has 1 heterocycles. The van der Waals surface area contributed by atoms with Crippen LogP contribution in [-0.2, 0) is 6.61 Å². The molecule has 2 aromatic rings. The number of hydrogen-bond acceptors (Lipinski definition) is 3. The molecule has 1 N–H and O–H groups in total. The number of halogens is 1. The van der Waals surface area contributed by atoms with Crippen LogP contribution in [0.5, 0.6) is 5.75 Å². The van der Waals surface area contributed by atoms with E-state index in [0.29, 0.717) is 6.61 Å². The molecule has 0 saturated heterocycles. The van der Waals surface area contributed by atoms with E-state index in [-0.39, 0.29) is 5.69 Å². The fraction of sp³-hybridized carbons (Fsp3) is 0.0769. The van der Waals surface area contributed by atoms with E-state index in [1.807, 2.05) is 24.3 Å². The number of carboxylic acid groups (broad SMARTS) is 1. The molecule has 92 valence electrons. The average molecular weight is 308 g/mol. The van der Waals surface area contributed by atoms with E-state index >= 15 is 0 Å². The topological polar surface area (TPSA) is 59.4 Å². The second-order valence-electron chi connectivity index (χ2n) is 3.60. The molecule has 0 radical (unpaired) electrons. The zero-order chi connectivity index (χ0) is 13.0. The Morgan fingerprint density at radius 2 is 2.00 bits per heavy atom. The maximum Gasteiger partial charge on any atom is 0.354 e. The van der Waals surface area contributed by atoms with E-state index in [4.69, 9.17) is 9.84 Å². The molecule has 0 aliphatic carbocycles. The van der Waals surface area contributed by atoms with Gasteiger partial charge in [0, 0.05) is 10.7 Å². The molecule has 2 rings (SSSR count). The summed E-state index contributed by atoms with van der Waals surface area (Å²) in [5.74, 6) is -0.313. The number of rotatable bonds is 4. The first-order valence-electron chi connectivity index (χ1n) is 5.22. The van der Waals surface area contributed by atoms with Crippen molar-refractivity contribution in [1.29, 1.82) is 0 Å². The fourth-order valence-electron chi connectivity index (χ4n) is 1.38. The van der Waals surface area contributed by atoms with Crippen molar-refractivity contribution < 1.29 is 14.6 Å². The van der Waals surface area contributed by atoms with Gasteiger partial charge in [-0.2, -0.15) is 0 Å². The SMILES string of the molecule is O=C(O)c1cc(COc2ccc(Br)cc2)ccn1. The number of aromatic carboxylic acids is 1. The normalized spacial score (nSPS) is 10.1. The van der Waals surface area contributed by atoms with Crippen LogP contribution in [0.3, 0.4) is 0 Å². The highest BCUT2D eigenvalue weighted by Crippen LogP contribution is 2.17. The van der Waals surface area contributed by atoms with Crippen molar-refractivity contribution in [3.63, 3.8) is 0 Å². The Kier molecular flexibility index (Phi) is 3.94. The summed E-state index contributed by atoms with van der Waals surface area (Å²) >= 11 is 3.34. The van der Waals surface area contributed by atoms with Gasteiger partial charge in [-0.3, -0.25) is 0 Å². The van der Waals surface area contributed by atoms with Crippen molar-refractivity contribution >= 4 is 21.9 Å². The van der Waals surface area contributed by atoms with E-state index < -0.39 is 5.97 Å². The van der Waals surface area contributed by atoms with Crippen molar-refractivity contribution in [3.8, 4) is 5.75 Å². The zero-order valence-corrected chi connectivity index (χ0v) is 10.9. The summed E-state index contributed by atoms with van der Waals surface area (Å²) in [7, 11) is 0. The summed E-state index contributed by atoms with van der Waals surface area (Å²) < 4.78 is 6.52. The number of hydrogen-bond donors (Lipinski definition) is 1. The van der Waals surface area contributed by atoms with Crippen LogP contribution < -0.4 is 4.74 Å². The van der Waals surface area contributed by atoms with Crippen LogP contribution >= 0.6 is 15.9 Å². The van der Waals surface area contributed by atoms with Crippen molar-refractivity contribution in [2.24, 2.45) is 0 Å². The maximum absolute atomic E-state index is 10.8. The van der Waals surface area contributed by atoms with Crippen LogP contribution in [0.2, 0.25) is 0 Å². The highest BCUT2D eigenvalue weighted by Gasteiger charge is 2.05. The van der Waals surface area contributed by atoms with Crippen molar-refractivity contribution in [1.82, 2.24) is 4.98 Å². The molecule has 0 spiro atoms. The largest absolute Gasteiger partial charge is 0.489 e. The molecule has 0 atom stereocenters. The summed E-state index contributed by atoms with van der Waals surface area (Å²) in [4.78, 5) is 14.5. The van der Waals surface area contributed by atoms with Crippen LogP contribution in [0, 0.1) is 0 Å². The van der Waals surface area contributed by atoms with Gasteiger partial charge in [0.05, 0.1) is 0 Å². The van der Waals surface area contributed by atoms with Crippen LogP contribution in [0.1, 0.15) is 16.1 Å². The summed E-state index contributed by atoms with van der Waals surface area (Å²) in [6, 6.07) is 10.7. The van der Waals surface area contributed by atoms with E-state index in [2.05, 4.69) is 20.9 Å². The first-order chi connectivity index (χ1) is 8.65. The number of nitrogens with zero attached hydrogens (tertiary/aromatic N) is 1. The van der Waals surface area contributed by atoms with Crippen LogP contribution in [-0.4, -0.2) is 16.1 Å². The maximum atomic E-state index is 10.8. The van der Waals surface area contributed by atoms with Gasteiger partial charge in [0.2, 0.25) is 0 Å². The Labute approximate surface area is 112 Å². The summed E-state index contributed by atoms with van der Waals surface area (Å²) in [5, 5.41) is 8.82. The summed E-state index contributed by atoms with van der Waals surface area (Å²) in [6.07, 6.45) is 1.46. The van der Waals surface area contributed by atoms with Gasteiger partial charge in [-0.15, -0.1) is 0 Å². The van der Waals surface area contributed by atoms with Gasteiger partial charge in [0.25, 0.3) is 0 Å². The highest BCUT2D eigenvalue weighted by molar-refractivity contribution is 9.10. The first kappa shape index (κ1) is 12.6. The Hall–Kier alpha value is -1.88. The van der Waals surface area contributed by atoms with Crippen molar-refractivity contribution in [2.45, 2.75) is 6.61 Å². The quantitative estimate of drug-likeness (QED) is 0.943. The third-order valence-corrected chi connectivity index (χ3v) is 2.79. The van der Waals surface area contributed by atoms with E-state index in [0.717, 1.165) is 15.8 Å². The Bertz CT molecular complexity index is 554. The third kappa shape index (κ3) is 3.30. The predicted octanol–water partition coefficient (Wildman–Crippen LogP) is 3.12. The Morgan fingerprint density at radius 1 is 1.28 bits per heavy atom. The monoisotopic (exact) mass is 307 g/mol. The molecule has 1 aromatic carbocycles. The average Bonchev–Trinajstić information content (AvgIpc) is 2.38. The van der Waals surface area contributed by atoms with E-state index in [1.54, 1.807) is 6.07 Å². The molecule has 0 amide bonds. The summed E-state index contributed by atoms with van der Waals surface area (Å²) in [5.41, 5.74) is 0.789. The lowest BCUT2D eigenvalue weighted by Crippen LogP contribution is -2.02. The molecule has 0 aliphatic rings. The molecule has 0 bridgehead atoms. The van der Waals surface area contributed by atoms with Gasteiger partial charge in [-0.25, -0.2) is 9.78 Å². The Balaban J connectivity index is 2.04. The molecule has 0 saturated carbocycles. The van der Waals surface area contributed by atoms with Crippen LogP contribution in [0.25, 0.3) is 0 Å². The number of aromatic nitrogens is 1. The molecule has 4 nitrogen and oxygen atoms in total. The molecular formula is C13H10BrNO3. The smallest absolute Gasteiger partial charge is 0.354 e. The minimum atomic E-state index is -1.04. The number of carboxylic acids is 1. The first-order valence-corrected chi connectivity index (χ1v) is 6.01. The molecule has 0 aliphatic heterocycles. The zero-order valence-electron chi connectivity index (χ0n) is 9.34. The second-order valence-corrected chi connectivity index (χ2v) is 4.51.